The van der Waals surface area contributed by atoms with Crippen molar-refractivity contribution in [3.63, 3.8) is 0 Å². The van der Waals surface area contributed by atoms with Crippen molar-refractivity contribution in [2.75, 3.05) is 48.4 Å². The summed E-state index contributed by atoms with van der Waals surface area (Å²) in [5.74, 6) is 0.242. The van der Waals surface area contributed by atoms with E-state index in [1.165, 1.54) is 17.3 Å². The number of carbonyl (C=O) groups is 2. The Morgan fingerprint density at radius 3 is 2.11 bits per heavy atom. The van der Waals surface area contributed by atoms with E-state index in [9.17, 15) is 9.59 Å². The van der Waals surface area contributed by atoms with E-state index in [1.54, 1.807) is 4.90 Å². The van der Waals surface area contributed by atoms with Crippen molar-refractivity contribution < 1.29 is 9.59 Å². The van der Waals surface area contributed by atoms with E-state index in [1.807, 2.05) is 65.6 Å². The molecule has 2 fully saturated rings. The van der Waals surface area contributed by atoms with Crippen LogP contribution in [0.5, 0.6) is 0 Å². The van der Waals surface area contributed by atoms with E-state index < -0.39 is 4.87 Å². The molecule has 1 atom stereocenters. The summed E-state index contributed by atoms with van der Waals surface area (Å²) in [5, 5.41) is 0. The summed E-state index contributed by atoms with van der Waals surface area (Å²) in [4.78, 5) is 34.7. The van der Waals surface area contributed by atoms with Gasteiger partial charge < -0.3 is 0 Å². The average Bonchev–Trinajstić information content (AvgIpc) is 3.37. The molecule has 0 bridgehead atoms. The molecule has 3 aromatic carbocycles. The van der Waals surface area contributed by atoms with Gasteiger partial charge >= 0.3 is 0 Å². The second-order valence-electron chi connectivity index (χ2n) is 9.27. The lowest BCUT2D eigenvalue weighted by Crippen LogP contribution is -2.54. The lowest BCUT2D eigenvalue weighted by molar-refractivity contribution is -0.124. The zero-order valence-electron chi connectivity index (χ0n) is 19.5. The fraction of sp³-hybridized carbons (Fsp3) is 0.286. The normalized spacial score (nSPS) is 22.9. The number of hydrogen-bond donors (Lipinski definition) is 0. The summed E-state index contributed by atoms with van der Waals surface area (Å²) >= 11 is 1.44. The minimum absolute atomic E-state index is 0.0230. The molecule has 2 amide bonds. The highest BCUT2D eigenvalue weighted by atomic mass is 32.2. The number of thioether (sulfide) groups is 1. The van der Waals surface area contributed by atoms with Crippen LogP contribution in [-0.4, -0.2) is 60.2 Å². The number of nitrogens with zero attached hydrogens (tertiary/aromatic N) is 4. The number of rotatable bonds is 5. The van der Waals surface area contributed by atoms with E-state index in [0.717, 1.165) is 49.7 Å². The van der Waals surface area contributed by atoms with Gasteiger partial charge in [-0.2, -0.15) is 0 Å². The third-order valence-corrected chi connectivity index (χ3v) is 8.52. The number of piperazine rings is 1. The molecule has 3 heterocycles. The molecule has 3 aliphatic heterocycles. The maximum Gasteiger partial charge on any atom is 0.269 e. The summed E-state index contributed by atoms with van der Waals surface area (Å²) in [6.45, 7) is 5.23. The van der Waals surface area contributed by atoms with Crippen molar-refractivity contribution in [1.29, 1.82) is 0 Å². The Labute approximate surface area is 210 Å². The first kappa shape index (κ1) is 22.3. The third-order valence-electron chi connectivity index (χ3n) is 7.13. The van der Waals surface area contributed by atoms with Crippen LogP contribution >= 0.6 is 11.8 Å². The molecule has 2 saturated heterocycles. The van der Waals surface area contributed by atoms with Gasteiger partial charge in [0.1, 0.15) is 0 Å². The van der Waals surface area contributed by atoms with Gasteiger partial charge in [0.2, 0.25) is 10.8 Å². The molecule has 0 radical (unpaired) electrons. The Bertz CT molecular complexity index is 1230. The van der Waals surface area contributed by atoms with Crippen LogP contribution in [0.25, 0.3) is 0 Å². The summed E-state index contributed by atoms with van der Waals surface area (Å²) < 4.78 is 0. The molecule has 6 nitrogen and oxygen atoms in total. The fourth-order valence-corrected chi connectivity index (χ4v) is 6.76. The standard InChI is InChI=1S/C28H28N4O2S/c33-26-20-35-28(32(26)23-11-5-2-6-12-23)24-13-7-8-14-25(24)31(27(28)34)21-30-17-15-29(16-18-30)19-22-9-3-1-4-10-22/h1-14H,15-21H2/t28-/m1/s1. The van der Waals surface area contributed by atoms with Crippen LogP contribution < -0.4 is 9.80 Å². The molecule has 7 heteroatoms. The first-order chi connectivity index (χ1) is 17.2. The van der Waals surface area contributed by atoms with Crippen molar-refractivity contribution in [3.05, 3.63) is 96.1 Å². The average molecular weight is 485 g/mol. The lowest BCUT2D eigenvalue weighted by atomic mass is 10.0. The summed E-state index contributed by atoms with van der Waals surface area (Å²) in [6.07, 6.45) is 0. The maximum absolute atomic E-state index is 14.2. The van der Waals surface area contributed by atoms with E-state index in [-0.39, 0.29) is 11.8 Å². The van der Waals surface area contributed by atoms with Crippen LogP contribution in [0.1, 0.15) is 11.1 Å². The van der Waals surface area contributed by atoms with Gasteiger partial charge in [-0.3, -0.25) is 29.2 Å². The summed E-state index contributed by atoms with van der Waals surface area (Å²) in [5.41, 5.74) is 3.91. The van der Waals surface area contributed by atoms with Gasteiger partial charge in [-0.05, 0) is 23.8 Å². The number of anilines is 2. The van der Waals surface area contributed by atoms with Crippen molar-refractivity contribution in [2.24, 2.45) is 0 Å². The van der Waals surface area contributed by atoms with Gasteiger partial charge in [0, 0.05) is 44.0 Å². The first-order valence-electron chi connectivity index (χ1n) is 12.1. The number of hydrogen-bond acceptors (Lipinski definition) is 5. The highest BCUT2D eigenvalue weighted by Crippen LogP contribution is 2.55. The smallest absolute Gasteiger partial charge is 0.269 e. The molecular formula is C28H28N4O2S. The molecule has 3 aromatic rings. The van der Waals surface area contributed by atoms with Crippen LogP contribution in [0.2, 0.25) is 0 Å². The van der Waals surface area contributed by atoms with Crippen LogP contribution in [0.4, 0.5) is 11.4 Å². The predicted octanol–water partition coefficient (Wildman–Crippen LogP) is 3.74. The molecule has 6 rings (SSSR count). The number of carbonyl (C=O) groups excluding carboxylic acids is 2. The van der Waals surface area contributed by atoms with Gasteiger partial charge in [0.25, 0.3) is 5.91 Å². The quantitative estimate of drug-likeness (QED) is 0.552. The number of fused-ring (bicyclic) bond motifs is 2. The van der Waals surface area contributed by atoms with Crippen molar-refractivity contribution in [2.45, 2.75) is 11.4 Å². The van der Waals surface area contributed by atoms with Crippen LogP contribution in [0, 0.1) is 0 Å². The molecule has 0 aliphatic carbocycles. The van der Waals surface area contributed by atoms with E-state index in [0.29, 0.717) is 12.4 Å². The van der Waals surface area contributed by atoms with Crippen LogP contribution in [-0.2, 0) is 21.0 Å². The van der Waals surface area contributed by atoms with Crippen LogP contribution in [0.15, 0.2) is 84.9 Å². The molecular weight excluding hydrogens is 456 g/mol. The van der Waals surface area contributed by atoms with E-state index in [4.69, 9.17) is 0 Å². The fourth-order valence-electron chi connectivity index (χ4n) is 5.40. The molecule has 178 valence electrons. The monoisotopic (exact) mass is 484 g/mol. The molecule has 0 saturated carbocycles. The highest BCUT2D eigenvalue weighted by Gasteiger charge is 2.61. The summed E-state index contributed by atoms with van der Waals surface area (Å²) in [6, 6.07) is 28.1. The Morgan fingerprint density at radius 1 is 0.743 bits per heavy atom. The van der Waals surface area contributed by atoms with Gasteiger partial charge in [-0.15, -0.1) is 11.8 Å². The van der Waals surface area contributed by atoms with Gasteiger partial charge in [0.15, 0.2) is 0 Å². The number of amides is 2. The van der Waals surface area contributed by atoms with Crippen molar-refractivity contribution >= 4 is 35.0 Å². The van der Waals surface area contributed by atoms with Gasteiger partial charge in [-0.1, -0.05) is 66.7 Å². The van der Waals surface area contributed by atoms with Crippen molar-refractivity contribution in [3.8, 4) is 0 Å². The summed E-state index contributed by atoms with van der Waals surface area (Å²) in [7, 11) is 0. The Balaban J connectivity index is 1.23. The highest BCUT2D eigenvalue weighted by molar-refractivity contribution is 8.02. The Morgan fingerprint density at radius 2 is 1.37 bits per heavy atom. The van der Waals surface area contributed by atoms with Crippen molar-refractivity contribution in [1.82, 2.24) is 9.80 Å². The molecule has 0 unspecified atom stereocenters. The van der Waals surface area contributed by atoms with Gasteiger partial charge in [0.05, 0.1) is 18.1 Å². The second kappa shape index (κ2) is 9.15. The number of para-hydroxylation sites is 2. The third kappa shape index (κ3) is 3.84. The maximum atomic E-state index is 14.2. The Hall–Kier alpha value is -3.13. The first-order valence-corrected chi connectivity index (χ1v) is 13.1. The number of benzene rings is 3. The molecule has 1 spiro atoms. The molecule has 0 N–H and O–H groups in total. The van der Waals surface area contributed by atoms with E-state index >= 15 is 0 Å². The lowest BCUT2D eigenvalue weighted by Gasteiger charge is -2.37. The zero-order chi connectivity index (χ0) is 23.8. The second-order valence-corrected chi connectivity index (χ2v) is 10.4. The minimum atomic E-state index is -1.04. The largest absolute Gasteiger partial charge is 0.297 e. The van der Waals surface area contributed by atoms with E-state index in [2.05, 4.69) is 34.1 Å². The molecule has 35 heavy (non-hydrogen) atoms. The minimum Gasteiger partial charge on any atom is -0.297 e. The predicted molar refractivity (Wildman–Crippen MR) is 140 cm³/mol. The topological polar surface area (TPSA) is 47.1 Å². The zero-order valence-corrected chi connectivity index (χ0v) is 20.4. The van der Waals surface area contributed by atoms with Gasteiger partial charge in [-0.25, -0.2) is 0 Å². The molecule has 3 aliphatic rings. The molecule has 0 aromatic heterocycles. The van der Waals surface area contributed by atoms with Crippen LogP contribution in [0.3, 0.4) is 0 Å². The SMILES string of the molecule is O=C1CS[C@]2(C(=O)N(CN3CCN(Cc4ccccc4)CC3)c3ccccc32)N1c1ccccc1. The Kier molecular flexibility index (Phi) is 5.84.